The fourth-order valence-electron chi connectivity index (χ4n) is 1.90. The zero-order chi connectivity index (χ0) is 15.2. The molecule has 1 atom stereocenters. The lowest BCUT2D eigenvalue weighted by Crippen LogP contribution is -2.31. The topological polar surface area (TPSA) is 64.3 Å². The van der Waals surface area contributed by atoms with Gasteiger partial charge >= 0.3 is 0 Å². The van der Waals surface area contributed by atoms with Crippen molar-refractivity contribution in [1.82, 2.24) is 5.32 Å². The number of para-hydroxylation sites is 2. The Hall–Kier alpha value is -2.20. The van der Waals surface area contributed by atoms with E-state index in [9.17, 15) is 4.79 Å². The predicted molar refractivity (Wildman–Crippen MR) is 84.4 cm³/mol. The maximum Gasteiger partial charge on any atom is 0.258 e. The lowest BCUT2D eigenvalue weighted by Gasteiger charge is -2.15. The Balaban J connectivity index is 1.89. The number of halogens is 1. The zero-order valence-corrected chi connectivity index (χ0v) is 12.4. The van der Waals surface area contributed by atoms with Gasteiger partial charge in [0.15, 0.2) is 6.61 Å². The van der Waals surface area contributed by atoms with Crippen LogP contribution in [0.1, 0.15) is 18.5 Å². The van der Waals surface area contributed by atoms with E-state index in [2.05, 4.69) is 5.32 Å². The van der Waals surface area contributed by atoms with Gasteiger partial charge in [0, 0.05) is 5.02 Å². The molecule has 4 nitrogen and oxygen atoms in total. The van der Waals surface area contributed by atoms with Gasteiger partial charge in [-0.1, -0.05) is 35.9 Å². The Labute approximate surface area is 128 Å². The van der Waals surface area contributed by atoms with Crippen LogP contribution in [0, 0.1) is 0 Å². The zero-order valence-electron chi connectivity index (χ0n) is 11.7. The number of benzene rings is 2. The summed E-state index contributed by atoms with van der Waals surface area (Å²) >= 11 is 5.93. The number of anilines is 1. The first-order chi connectivity index (χ1) is 10.1. The molecule has 2 aromatic carbocycles. The minimum Gasteiger partial charge on any atom is -0.482 e. The lowest BCUT2D eigenvalue weighted by molar-refractivity contribution is -0.123. The fraction of sp³-hybridized carbons (Fsp3) is 0.188. The van der Waals surface area contributed by atoms with E-state index in [1.54, 1.807) is 24.3 Å². The van der Waals surface area contributed by atoms with Gasteiger partial charge in [-0.05, 0) is 36.8 Å². The molecule has 0 saturated heterocycles. The maximum absolute atomic E-state index is 11.9. The Kier molecular flexibility index (Phi) is 5.06. The van der Waals surface area contributed by atoms with Gasteiger partial charge in [0.05, 0.1) is 11.7 Å². The third kappa shape index (κ3) is 4.39. The summed E-state index contributed by atoms with van der Waals surface area (Å²) < 4.78 is 5.40. The standard InChI is InChI=1S/C16H17ClN2O2/c1-11(12-5-4-6-13(17)9-12)19-16(20)10-21-15-8-3-2-7-14(15)18/h2-9,11H,10,18H2,1H3,(H,19,20). The Bertz CT molecular complexity index is 631. The van der Waals surface area contributed by atoms with Gasteiger partial charge in [-0.2, -0.15) is 0 Å². The van der Waals surface area contributed by atoms with E-state index in [-0.39, 0.29) is 18.6 Å². The highest BCUT2D eigenvalue weighted by atomic mass is 35.5. The van der Waals surface area contributed by atoms with Crippen molar-refractivity contribution in [3.63, 3.8) is 0 Å². The number of hydrogen-bond acceptors (Lipinski definition) is 3. The third-order valence-corrected chi connectivity index (χ3v) is 3.24. The van der Waals surface area contributed by atoms with Crippen LogP contribution in [0.25, 0.3) is 0 Å². The Morgan fingerprint density at radius 1 is 1.29 bits per heavy atom. The molecular weight excluding hydrogens is 288 g/mol. The second-order valence-electron chi connectivity index (χ2n) is 4.67. The van der Waals surface area contributed by atoms with E-state index in [0.717, 1.165) is 5.56 Å². The SMILES string of the molecule is CC(NC(=O)COc1ccccc1N)c1cccc(Cl)c1. The number of nitrogens with two attached hydrogens (primary N) is 1. The molecule has 2 aromatic rings. The highest BCUT2D eigenvalue weighted by molar-refractivity contribution is 6.30. The molecule has 0 heterocycles. The van der Waals surface area contributed by atoms with Gasteiger partial charge in [-0.15, -0.1) is 0 Å². The lowest BCUT2D eigenvalue weighted by atomic mass is 10.1. The van der Waals surface area contributed by atoms with Gasteiger partial charge < -0.3 is 15.8 Å². The first-order valence-corrected chi connectivity index (χ1v) is 6.96. The quantitative estimate of drug-likeness (QED) is 0.834. The first-order valence-electron chi connectivity index (χ1n) is 6.58. The van der Waals surface area contributed by atoms with Crippen LogP contribution in [0.2, 0.25) is 5.02 Å². The minimum absolute atomic E-state index is 0.0842. The smallest absolute Gasteiger partial charge is 0.258 e. The number of rotatable bonds is 5. The maximum atomic E-state index is 11.9. The molecule has 0 fully saturated rings. The van der Waals surface area contributed by atoms with E-state index in [0.29, 0.717) is 16.5 Å². The summed E-state index contributed by atoms with van der Waals surface area (Å²) in [6.07, 6.45) is 0. The monoisotopic (exact) mass is 304 g/mol. The van der Waals surface area contributed by atoms with Crippen molar-refractivity contribution in [3.05, 3.63) is 59.1 Å². The van der Waals surface area contributed by atoms with Crippen molar-refractivity contribution in [1.29, 1.82) is 0 Å². The van der Waals surface area contributed by atoms with Crippen LogP contribution in [0.3, 0.4) is 0 Å². The van der Waals surface area contributed by atoms with Crippen LogP contribution < -0.4 is 15.8 Å². The van der Waals surface area contributed by atoms with Crippen LogP contribution in [-0.4, -0.2) is 12.5 Å². The molecule has 21 heavy (non-hydrogen) atoms. The molecule has 0 aliphatic rings. The van der Waals surface area contributed by atoms with Crippen molar-refractivity contribution in [2.75, 3.05) is 12.3 Å². The summed E-state index contributed by atoms with van der Waals surface area (Å²) in [5.74, 6) is 0.286. The number of amides is 1. The second-order valence-corrected chi connectivity index (χ2v) is 5.11. The summed E-state index contributed by atoms with van der Waals surface area (Å²) in [5, 5.41) is 3.49. The summed E-state index contributed by atoms with van der Waals surface area (Å²) in [7, 11) is 0. The van der Waals surface area contributed by atoms with Crippen molar-refractivity contribution in [3.8, 4) is 5.75 Å². The molecule has 110 valence electrons. The van der Waals surface area contributed by atoms with E-state index in [4.69, 9.17) is 22.1 Å². The van der Waals surface area contributed by atoms with Crippen molar-refractivity contribution < 1.29 is 9.53 Å². The predicted octanol–water partition coefficient (Wildman–Crippen LogP) is 3.18. The Morgan fingerprint density at radius 2 is 2.05 bits per heavy atom. The van der Waals surface area contributed by atoms with Gasteiger partial charge in [-0.25, -0.2) is 0 Å². The van der Waals surface area contributed by atoms with E-state index in [1.807, 2.05) is 31.2 Å². The fourth-order valence-corrected chi connectivity index (χ4v) is 2.10. The minimum atomic E-state index is -0.217. The largest absolute Gasteiger partial charge is 0.482 e. The molecule has 2 rings (SSSR count). The van der Waals surface area contributed by atoms with Crippen LogP contribution >= 0.6 is 11.6 Å². The highest BCUT2D eigenvalue weighted by Crippen LogP contribution is 2.20. The van der Waals surface area contributed by atoms with Gasteiger partial charge in [0.25, 0.3) is 5.91 Å². The number of nitrogen functional groups attached to an aromatic ring is 1. The van der Waals surface area contributed by atoms with Crippen LogP contribution in [0.4, 0.5) is 5.69 Å². The molecule has 0 bridgehead atoms. The molecule has 1 amide bonds. The van der Waals surface area contributed by atoms with Gasteiger partial charge in [0.1, 0.15) is 5.75 Å². The third-order valence-electron chi connectivity index (χ3n) is 3.00. The normalized spacial score (nSPS) is 11.7. The van der Waals surface area contributed by atoms with Crippen LogP contribution in [-0.2, 0) is 4.79 Å². The summed E-state index contributed by atoms with van der Waals surface area (Å²) in [5.41, 5.74) is 7.19. The molecule has 0 aromatic heterocycles. The number of carbonyl (C=O) groups excluding carboxylic acids is 1. The first kappa shape index (κ1) is 15.2. The number of ether oxygens (including phenoxy) is 1. The van der Waals surface area contributed by atoms with E-state index >= 15 is 0 Å². The number of hydrogen-bond donors (Lipinski definition) is 2. The summed E-state index contributed by atoms with van der Waals surface area (Å²) in [6, 6.07) is 14.3. The average Bonchev–Trinajstić information content (AvgIpc) is 2.46. The van der Waals surface area contributed by atoms with Crippen molar-refractivity contribution >= 4 is 23.2 Å². The van der Waals surface area contributed by atoms with Crippen LogP contribution in [0.5, 0.6) is 5.75 Å². The summed E-state index contributed by atoms with van der Waals surface area (Å²) in [4.78, 5) is 11.9. The molecule has 0 aliphatic heterocycles. The number of carbonyl (C=O) groups is 1. The van der Waals surface area contributed by atoms with E-state index < -0.39 is 0 Å². The van der Waals surface area contributed by atoms with E-state index in [1.165, 1.54) is 0 Å². The Morgan fingerprint density at radius 3 is 2.76 bits per heavy atom. The molecule has 5 heteroatoms. The average molecular weight is 305 g/mol. The molecule has 0 spiro atoms. The van der Waals surface area contributed by atoms with Crippen molar-refractivity contribution in [2.24, 2.45) is 0 Å². The molecule has 3 N–H and O–H groups in total. The highest BCUT2D eigenvalue weighted by Gasteiger charge is 2.11. The van der Waals surface area contributed by atoms with Crippen molar-refractivity contribution in [2.45, 2.75) is 13.0 Å². The van der Waals surface area contributed by atoms with Crippen LogP contribution in [0.15, 0.2) is 48.5 Å². The summed E-state index contributed by atoms with van der Waals surface area (Å²) in [6.45, 7) is 1.81. The van der Waals surface area contributed by atoms with Gasteiger partial charge in [0.2, 0.25) is 0 Å². The molecule has 1 unspecified atom stereocenters. The van der Waals surface area contributed by atoms with Gasteiger partial charge in [-0.3, -0.25) is 4.79 Å². The molecule has 0 radical (unpaired) electrons. The molecule has 0 saturated carbocycles. The molecular formula is C16H17ClN2O2. The number of nitrogens with one attached hydrogen (secondary N) is 1. The second kappa shape index (κ2) is 6.99. The molecule has 0 aliphatic carbocycles.